The summed E-state index contributed by atoms with van der Waals surface area (Å²) in [4.78, 5) is 1.41. The van der Waals surface area contributed by atoms with E-state index in [0.717, 1.165) is 17.7 Å². The number of aromatic nitrogens is 4. The molecule has 6 nitrogen and oxygen atoms in total. The molecule has 2 rings (SSSR count). The fraction of sp³-hybridized carbons (Fsp3) is 0.462. The Bertz CT molecular complexity index is 550. The van der Waals surface area contributed by atoms with Crippen molar-refractivity contribution in [2.24, 2.45) is 12.8 Å². The third kappa shape index (κ3) is 3.75. The molecule has 1 aromatic carbocycles. The van der Waals surface area contributed by atoms with Crippen molar-refractivity contribution in [3.8, 4) is 5.75 Å². The summed E-state index contributed by atoms with van der Waals surface area (Å²) in [6.07, 6.45) is 0.783. The normalized spacial score (nSPS) is 12.4. The van der Waals surface area contributed by atoms with Gasteiger partial charge in [-0.1, -0.05) is 17.7 Å². The van der Waals surface area contributed by atoms with E-state index in [4.69, 9.17) is 10.5 Å². The van der Waals surface area contributed by atoms with Crippen LogP contribution >= 0.6 is 0 Å². The molecule has 19 heavy (non-hydrogen) atoms. The van der Waals surface area contributed by atoms with Crippen LogP contribution in [0, 0.1) is 6.92 Å². The van der Waals surface area contributed by atoms with Crippen LogP contribution in [0.25, 0.3) is 0 Å². The summed E-state index contributed by atoms with van der Waals surface area (Å²) >= 11 is 0. The maximum atomic E-state index is 5.86. The predicted octanol–water partition coefficient (Wildman–Crippen LogP) is 0.987. The van der Waals surface area contributed by atoms with Crippen molar-refractivity contribution in [2.45, 2.75) is 32.9 Å². The van der Waals surface area contributed by atoms with Gasteiger partial charge in [0.2, 0.25) is 5.82 Å². The smallest absolute Gasteiger partial charge is 0.212 e. The van der Waals surface area contributed by atoms with Gasteiger partial charge in [0.25, 0.3) is 0 Å². The zero-order chi connectivity index (χ0) is 13.8. The lowest BCUT2D eigenvalue weighted by molar-refractivity contribution is 0.291. The van der Waals surface area contributed by atoms with Crippen LogP contribution in [0.3, 0.4) is 0 Å². The average molecular weight is 261 g/mol. The average Bonchev–Trinajstić information content (AvgIpc) is 2.73. The molecular formula is C13H19N5O. The molecule has 0 aliphatic heterocycles. The minimum absolute atomic E-state index is 0.0961. The van der Waals surface area contributed by atoms with Crippen LogP contribution < -0.4 is 10.5 Å². The van der Waals surface area contributed by atoms with Crippen LogP contribution in [0.1, 0.15) is 23.9 Å². The van der Waals surface area contributed by atoms with Gasteiger partial charge in [0.1, 0.15) is 5.75 Å². The number of tetrazole rings is 1. The maximum absolute atomic E-state index is 5.86. The monoisotopic (exact) mass is 261 g/mol. The van der Waals surface area contributed by atoms with E-state index in [1.807, 2.05) is 19.1 Å². The van der Waals surface area contributed by atoms with Crippen LogP contribution in [0.4, 0.5) is 0 Å². The summed E-state index contributed by atoms with van der Waals surface area (Å²) in [5.41, 5.74) is 8.17. The first kappa shape index (κ1) is 13.5. The van der Waals surface area contributed by atoms with Crippen LogP contribution in [0.5, 0.6) is 5.75 Å². The van der Waals surface area contributed by atoms with Gasteiger partial charge < -0.3 is 10.5 Å². The summed E-state index contributed by atoms with van der Waals surface area (Å²) in [5, 5.41) is 11.7. The first-order chi connectivity index (χ1) is 9.04. The molecule has 0 amide bonds. The quantitative estimate of drug-likeness (QED) is 0.868. The van der Waals surface area contributed by atoms with Crippen LogP contribution in [0.15, 0.2) is 18.2 Å². The maximum Gasteiger partial charge on any atom is 0.212 e. The Balaban J connectivity index is 2.10. The summed E-state index contributed by atoms with van der Waals surface area (Å²) in [7, 11) is 1.73. The van der Waals surface area contributed by atoms with Gasteiger partial charge in [0.15, 0.2) is 6.61 Å². The number of nitrogens with two attached hydrogens (primary N) is 1. The van der Waals surface area contributed by atoms with Gasteiger partial charge in [-0.15, -0.1) is 10.2 Å². The minimum Gasteiger partial charge on any atom is -0.485 e. The molecule has 0 fully saturated rings. The Labute approximate surface area is 112 Å². The van der Waals surface area contributed by atoms with Crippen molar-refractivity contribution in [3.63, 3.8) is 0 Å². The predicted molar refractivity (Wildman–Crippen MR) is 71.7 cm³/mol. The molecule has 0 aliphatic rings. The number of nitrogens with zero attached hydrogens (tertiary/aromatic N) is 4. The summed E-state index contributed by atoms with van der Waals surface area (Å²) < 4.78 is 5.76. The topological polar surface area (TPSA) is 78.9 Å². The zero-order valence-electron chi connectivity index (χ0n) is 11.5. The molecule has 0 saturated carbocycles. The van der Waals surface area contributed by atoms with Gasteiger partial charge in [0.05, 0.1) is 7.05 Å². The molecule has 1 aromatic heterocycles. The van der Waals surface area contributed by atoms with Crippen molar-refractivity contribution in [1.29, 1.82) is 0 Å². The third-order valence-electron chi connectivity index (χ3n) is 2.66. The van der Waals surface area contributed by atoms with Gasteiger partial charge in [-0.2, -0.15) is 4.80 Å². The molecular weight excluding hydrogens is 242 g/mol. The van der Waals surface area contributed by atoms with Gasteiger partial charge >= 0.3 is 0 Å². The van der Waals surface area contributed by atoms with E-state index in [9.17, 15) is 0 Å². The lowest BCUT2D eigenvalue weighted by Gasteiger charge is -2.13. The van der Waals surface area contributed by atoms with E-state index >= 15 is 0 Å². The highest BCUT2D eigenvalue weighted by atomic mass is 16.5. The molecule has 0 spiro atoms. The van der Waals surface area contributed by atoms with E-state index < -0.39 is 0 Å². The fourth-order valence-corrected chi connectivity index (χ4v) is 1.88. The Hall–Kier alpha value is -1.95. The van der Waals surface area contributed by atoms with E-state index in [1.54, 1.807) is 7.05 Å². The minimum atomic E-state index is 0.0961. The van der Waals surface area contributed by atoms with Crippen LogP contribution in [0.2, 0.25) is 0 Å². The third-order valence-corrected chi connectivity index (χ3v) is 2.66. The van der Waals surface area contributed by atoms with Gasteiger partial charge in [-0.3, -0.25) is 0 Å². The lowest BCUT2D eigenvalue weighted by Crippen LogP contribution is -2.18. The van der Waals surface area contributed by atoms with E-state index in [-0.39, 0.29) is 6.04 Å². The standard InChI is InChI=1S/C13H19N5O/c1-9-4-5-12(11(6-9)7-10(2)14)19-8-13-15-17-18(3)16-13/h4-6,10H,7-8,14H2,1-3H3. The Morgan fingerprint density at radius 2 is 2.21 bits per heavy atom. The highest BCUT2D eigenvalue weighted by Crippen LogP contribution is 2.22. The molecule has 1 unspecified atom stereocenters. The van der Waals surface area contributed by atoms with Crippen molar-refractivity contribution in [1.82, 2.24) is 20.2 Å². The van der Waals surface area contributed by atoms with E-state index in [0.29, 0.717) is 12.4 Å². The number of aryl methyl sites for hydroxylation is 2. The fourth-order valence-electron chi connectivity index (χ4n) is 1.88. The number of hydrogen-bond acceptors (Lipinski definition) is 5. The molecule has 0 saturated heterocycles. The lowest BCUT2D eigenvalue weighted by atomic mass is 10.0. The highest BCUT2D eigenvalue weighted by molar-refractivity contribution is 5.37. The number of rotatable bonds is 5. The van der Waals surface area contributed by atoms with Gasteiger partial charge in [-0.25, -0.2) is 0 Å². The van der Waals surface area contributed by atoms with Gasteiger partial charge in [-0.05, 0) is 37.1 Å². The molecule has 2 N–H and O–H groups in total. The first-order valence-electron chi connectivity index (χ1n) is 6.25. The number of benzene rings is 1. The van der Waals surface area contributed by atoms with Crippen molar-refractivity contribution < 1.29 is 4.74 Å². The van der Waals surface area contributed by atoms with Crippen LogP contribution in [-0.2, 0) is 20.1 Å². The largest absolute Gasteiger partial charge is 0.485 e. The van der Waals surface area contributed by atoms with Crippen molar-refractivity contribution in [3.05, 3.63) is 35.2 Å². The summed E-state index contributed by atoms with van der Waals surface area (Å²) in [5.74, 6) is 1.39. The molecule has 6 heteroatoms. The number of hydrogen-bond donors (Lipinski definition) is 1. The second kappa shape index (κ2) is 5.79. The molecule has 1 heterocycles. The first-order valence-corrected chi connectivity index (χ1v) is 6.25. The summed E-state index contributed by atoms with van der Waals surface area (Å²) in [6.45, 7) is 4.35. The molecule has 1 atom stereocenters. The van der Waals surface area contributed by atoms with Crippen molar-refractivity contribution in [2.75, 3.05) is 0 Å². The molecule has 0 radical (unpaired) electrons. The number of ether oxygens (including phenoxy) is 1. The van der Waals surface area contributed by atoms with E-state index in [1.165, 1.54) is 10.4 Å². The zero-order valence-corrected chi connectivity index (χ0v) is 11.5. The Morgan fingerprint density at radius 1 is 1.42 bits per heavy atom. The van der Waals surface area contributed by atoms with Crippen molar-refractivity contribution >= 4 is 0 Å². The molecule has 2 aromatic rings. The van der Waals surface area contributed by atoms with Gasteiger partial charge in [0, 0.05) is 6.04 Å². The van der Waals surface area contributed by atoms with E-state index in [2.05, 4.69) is 28.4 Å². The highest BCUT2D eigenvalue weighted by Gasteiger charge is 2.08. The second-order valence-electron chi connectivity index (χ2n) is 4.78. The summed E-state index contributed by atoms with van der Waals surface area (Å²) in [6, 6.07) is 6.18. The van der Waals surface area contributed by atoms with Crippen LogP contribution in [-0.4, -0.2) is 26.2 Å². The Morgan fingerprint density at radius 3 is 2.84 bits per heavy atom. The SMILES string of the molecule is Cc1ccc(OCc2nnn(C)n2)c(CC(C)N)c1. The molecule has 0 aliphatic carbocycles. The molecule has 102 valence electrons. The second-order valence-corrected chi connectivity index (χ2v) is 4.78. The molecule has 0 bridgehead atoms. The Kier molecular flexibility index (Phi) is 4.11.